The number of fused-ring (bicyclic) bond motifs is 1. The first-order valence-electron chi connectivity index (χ1n) is 6.51. The lowest BCUT2D eigenvalue weighted by Crippen LogP contribution is -2.03. The molecule has 3 rings (SSSR count). The van der Waals surface area contributed by atoms with E-state index in [1.807, 2.05) is 54.6 Å². The minimum absolute atomic E-state index is 0.540. The van der Waals surface area contributed by atoms with Crippen LogP contribution < -0.4 is 0 Å². The topological polar surface area (TPSA) is 33.1 Å². The Balaban J connectivity index is 1.97. The predicted molar refractivity (Wildman–Crippen MR) is 84.5 cm³/mol. The zero-order valence-corrected chi connectivity index (χ0v) is 12.4. The van der Waals surface area contributed by atoms with E-state index in [-0.39, 0.29) is 0 Å². The molecule has 0 aliphatic heterocycles. The van der Waals surface area contributed by atoms with Crippen LogP contribution in [-0.4, -0.2) is 10.1 Å². The van der Waals surface area contributed by atoms with Gasteiger partial charge < -0.3 is 5.11 Å². The van der Waals surface area contributed by atoms with E-state index in [9.17, 15) is 5.11 Å². The normalized spacial score (nSPS) is 12.5. The summed E-state index contributed by atoms with van der Waals surface area (Å²) in [5.41, 5.74) is 2.93. The van der Waals surface area contributed by atoms with Gasteiger partial charge in [-0.05, 0) is 29.3 Å². The average molecular weight is 328 g/mol. The molecule has 3 aromatic rings. The van der Waals surface area contributed by atoms with Crippen molar-refractivity contribution in [3.63, 3.8) is 0 Å². The molecule has 2 aromatic carbocycles. The predicted octanol–water partition coefficient (Wildman–Crippen LogP) is 4.27. The lowest BCUT2D eigenvalue weighted by atomic mass is 9.98. The number of hydrogen-bond donors (Lipinski definition) is 1. The van der Waals surface area contributed by atoms with E-state index in [1.165, 1.54) is 0 Å². The molecule has 1 aromatic heterocycles. The number of nitrogens with zero attached hydrogens (tertiary/aromatic N) is 1. The number of hydrogen-bond acceptors (Lipinski definition) is 2. The lowest BCUT2D eigenvalue weighted by Gasteiger charge is -2.14. The van der Waals surface area contributed by atoms with Gasteiger partial charge in [-0.2, -0.15) is 0 Å². The molecule has 1 unspecified atom stereocenters. The molecule has 20 heavy (non-hydrogen) atoms. The maximum atomic E-state index is 10.5. The molecule has 1 atom stereocenters. The van der Waals surface area contributed by atoms with Crippen molar-refractivity contribution >= 4 is 26.8 Å². The molecule has 0 saturated heterocycles. The Hall–Kier alpha value is -1.71. The summed E-state index contributed by atoms with van der Waals surface area (Å²) < 4.78 is 1.03. The van der Waals surface area contributed by atoms with Crippen LogP contribution in [0.4, 0.5) is 0 Å². The molecule has 3 heteroatoms. The summed E-state index contributed by atoms with van der Waals surface area (Å²) in [5.74, 6) is 0. The molecule has 0 radical (unpaired) electrons. The Morgan fingerprint density at radius 3 is 2.70 bits per heavy atom. The van der Waals surface area contributed by atoms with Crippen LogP contribution in [0.2, 0.25) is 0 Å². The number of pyridine rings is 1. The zero-order chi connectivity index (χ0) is 13.9. The molecule has 0 amide bonds. The van der Waals surface area contributed by atoms with Crippen molar-refractivity contribution in [2.24, 2.45) is 0 Å². The fourth-order valence-electron chi connectivity index (χ4n) is 2.40. The van der Waals surface area contributed by atoms with Gasteiger partial charge in [0.1, 0.15) is 0 Å². The van der Waals surface area contributed by atoms with Crippen molar-refractivity contribution in [2.45, 2.75) is 12.5 Å². The molecule has 0 aliphatic rings. The second-order valence-corrected chi connectivity index (χ2v) is 5.58. The average Bonchev–Trinajstić information content (AvgIpc) is 2.49. The molecule has 0 aliphatic carbocycles. The van der Waals surface area contributed by atoms with Crippen molar-refractivity contribution in [1.29, 1.82) is 0 Å². The molecular formula is C17H14BrNO. The van der Waals surface area contributed by atoms with Crippen molar-refractivity contribution in [1.82, 2.24) is 4.98 Å². The number of aliphatic hydroxyl groups excluding tert-OH is 1. The summed E-state index contributed by atoms with van der Waals surface area (Å²) in [6, 6.07) is 17.7. The van der Waals surface area contributed by atoms with Crippen LogP contribution in [-0.2, 0) is 6.42 Å². The third kappa shape index (κ3) is 2.60. The van der Waals surface area contributed by atoms with E-state index in [4.69, 9.17) is 0 Å². The summed E-state index contributed by atoms with van der Waals surface area (Å²) in [4.78, 5) is 4.33. The number of rotatable bonds is 3. The highest BCUT2D eigenvalue weighted by Crippen LogP contribution is 2.27. The van der Waals surface area contributed by atoms with Crippen LogP contribution in [0.1, 0.15) is 17.2 Å². The van der Waals surface area contributed by atoms with Crippen LogP contribution >= 0.6 is 15.9 Å². The summed E-state index contributed by atoms with van der Waals surface area (Å²) in [7, 11) is 0. The number of aromatic nitrogens is 1. The lowest BCUT2D eigenvalue weighted by molar-refractivity contribution is 0.180. The maximum Gasteiger partial charge on any atom is 0.0837 e. The number of benzene rings is 2. The van der Waals surface area contributed by atoms with Crippen LogP contribution in [0.15, 0.2) is 65.3 Å². The van der Waals surface area contributed by atoms with E-state index in [0.717, 1.165) is 26.5 Å². The van der Waals surface area contributed by atoms with Crippen LogP contribution in [0, 0.1) is 0 Å². The van der Waals surface area contributed by atoms with Gasteiger partial charge in [0.25, 0.3) is 0 Å². The van der Waals surface area contributed by atoms with Crippen LogP contribution in [0.5, 0.6) is 0 Å². The zero-order valence-electron chi connectivity index (χ0n) is 10.8. The van der Waals surface area contributed by atoms with E-state index < -0.39 is 6.10 Å². The Labute approximate surface area is 126 Å². The molecule has 1 heterocycles. The summed E-state index contributed by atoms with van der Waals surface area (Å²) in [6.07, 6.45) is 1.81. The Bertz CT molecular complexity index is 736. The number of halogens is 1. The van der Waals surface area contributed by atoms with Gasteiger partial charge in [0.15, 0.2) is 0 Å². The van der Waals surface area contributed by atoms with Gasteiger partial charge in [-0.3, -0.25) is 4.98 Å². The highest BCUT2D eigenvalue weighted by molar-refractivity contribution is 9.10. The molecule has 100 valence electrons. The summed E-state index contributed by atoms with van der Waals surface area (Å²) in [6.45, 7) is 0. The van der Waals surface area contributed by atoms with E-state index >= 15 is 0 Å². The molecule has 0 saturated carbocycles. The quantitative estimate of drug-likeness (QED) is 0.779. The fourth-order valence-corrected chi connectivity index (χ4v) is 2.85. The Morgan fingerprint density at radius 2 is 1.85 bits per heavy atom. The van der Waals surface area contributed by atoms with Crippen molar-refractivity contribution < 1.29 is 5.11 Å². The first kappa shape index (κ1) is 13.3. The standard InChI is InChI=1S/C17H14BrNO/c18-15-8-2-1-5-12(15)11-17(20)14-6-3-9-16-13(14)7-4-10-19-16/h1-10,17,20H,11H2. The molecule has 0 fully saturated rings. The fraction of sp³-hybridized carbons (Fsp3) is 0.118. The largest absolute Gasteiger partial charge is 0.388 e. The van der Waals surface area contributed by atoms with Crippen molar-refractivity contribution in [3.8, 4) is 0 Å². The van der Waals surface area contributed by atoms with Gasteiger partial charge in [-0.15, -0.1) is 0 Å². The second kappa shape index (κ2) is 5.73. The highest BCUT2D eigenvalue weighted by atomic mass is 79.9. The van der Waals surface area contributed by atoms with Gasteiger partial charge in [0.05, 0.1) is 11.6 Å². The monoisotopic (exact) mass is 327 g/mol. The molecule has 0 bridgehead atoms. The summed E-state index contributed by atoms with van der Waals surface area (Å²) >= 11 is 3.52. The van der Waals surface area contributed by atoms with Gasteiger partial charge >= 0.3 is 0 Å². The Morgan fingerprint density at radius 1 is 1.00 bits per heavy atom. The van der Waals surface area contributed by atoms with E-state index in [2.05, 4.69) is 20.9 Å². The van der Waals surface area contributed by atoms with Crippen LogP contribution in [0.25, 0.3) is 10.9 Å². The number of aliphatic hydroxyl groups is 1. The van der Waals surface area contributed by atoms with Gasteiger partial charge in [0, 0.05) is 22.5 Å². The maximum absolute atomic E-state index is 10.5. The minimum atomic E-state index is -0.540. The molecule has 2 nitrogen and oxygen atoms in total. The summed E-state index contributed by atoms with van der Waals surface area (Å²) in [5, 5.41) is 11.6. The van der Waals surface area contributed by atoms with Gasteiger partial charge in [-0.1, -0.05) is 52.3 Å². The first-order chi connectivity index (χ1) is 9.75. The Kier molecular flexibility index (Phi) is 3.81. The van der Waals surface area contributed by atoms with Crippen molar-refractivity contribution in [3.05, 3.63) is 76.4 Å². The molecular weight excluding hydrogens is 314 g/mol. The highest BCUT2D eigenvalue weighted by Gasteiger charge is 2.13. The first-order valence-corrected chi connectivity index (χ1v) is 7.30. The van der Waals surface area contributed by atoms with E-state index in [0.29, 0.717) is 6.42 Å². The molecule has 1 N–H and O–H groups in total. The second-order valence-electron chi connectivity index (χ2n) is 4.73. The SMILES string of the molecule is OC(Cc1ccccc1Br)c1cccc2ncccc12. The minimum Gasteiger partial charge on any atom is -0.388 e. The smallest absolute Gasteiger partial charge is 0.0837 e. The third-order valence-corrected chi connectivity index (χ3v) is 4.18. The van der Waals surface area contributed by atoms with Gasteiger partial charge in [0.2, 0.25) is 0 Å². The van der Waals surface area contributed by atoms with Gasteiger partial charge in [-0.25, -0.2) is 0 Å². The van der Waals surface area contributed by atoms with E-state index in [1.54, 1.807) is 6.20 Å². The van der Waals surface area contributed by atoms with Crippen molar-refractivity contribution in [2.75, 3.05) is 0 Å². The molecule has 0 spiro atoms. The third-order valence-electron chi connectivity index (χ3n) is 3.41. The van der Waals surface area contributed by atoms with Crippen LogP contribution in [0.3, 0.4) is 0 Å².